The van der Waals surface area contributed by atoms with Crippen molar-refractivity contribution in [3.8, 4) is 0 Å². The molecule has 7 heteroatoms. The van der Waals surface area contributed by atoms with Crippen LogP contribution in [-0.4, -0.2) is 22.4 Å². The molecule has 128 valence electrons. The van der Waals surface area contributed by atoms with Crippen LogP contribution in [0.3, 0.4) is 0 Å². The van der Waals surface area contributed by atoms with Gasteiger partial charge in [-0.3, -0.25) is 9.59 Å². The average Bonchev–Trinajstić information content (AvgIpc) is 3.31. The fraction of sp³-hybridized carbons (Fsp3) is 0.167. The standard InChI is InChI=1S/C18H16N2O2S3/c21-15(16-7-4-8-23-16)12-25-18-20-14(11-24-18)9-17(22)19-10-13-5-2-1-3-6-13/h1-8,11H,9-10,12H2,(H,19,22). The molecule has 0 spiro atoms. The van der Waals surface area contributed by atoms with Gasteiger partial charge in [0.15, 0.2) is 10.1 Å². The zero-order chi connectivity index (χ0) is 17.5. The minimum absolute atomic E-state index is 0.0552. The minimum Gasteiger partial charge on any atom is -0.352 e. The molecule has 0 aliphatic rings. The van der Waals surface area contributed by atoms with E-state index in [1.165, 1.54) is 34.4 Å². The number of rotatable bonds is 8. The Bertz CT molecular complexity index is 829. The summed E-state index contributed by atoms with van der Waals surface area (Å²) in [7, 11) is 0. The first-order chi connectivity index (χ1) is 12.2. The van der Waals surface area contributed by atoms with Gasteiger partial charge in [-0.15, -0.1) is 22.7 Å². The van der Waals surface area contributed by atoms with Crippen LogP contribution in [0.25, 0.3) is 0 Å². The van der Waals surface area contributed by atoms with Crippen LogP contribution in [0.2, 0.25) is 0 Å². The second-order valence-corrected chi connectivity index (χ2v) is 8.26. The molecule has 0 unspecified atom stereocenters. The third-order valence-electron chi connectivity index (χ3n) is 3.33. The normalized spacial score (nSPS) is 10.6. The van der Waals surface area contributed by atoms with E-state index in [4.69, 9.17) is 0 Å². The first-order valence-corrected chi connectivity index (χ1v) is 10.4. The van der Waals surface area contributed by atoms with Gasteiger partial charge in [0.25, 0.3) is 0 Å². The van der Waals surface area contributed by atoms with E-state index >= 15 is 0 Å². The highest BCUT2D eigenvalue weighted by Gasteiger charge is 2.11. The van der Waals surface area contributed by atoms with Gasteiger partial charge in [-0.05, 0) is 17.0 Å². The van der Waals surface area contributed by atoms with Crippen LogP contribution < -0.4 is 5.32 Å². The number of carbonyl (C=O) groups excluding carboxylic acids is 2. The highest BCUT2D eigenvalue weighted by atomic mass is 32.2. The topological polar surface area (TPSA) is 59.1 Å². The molecule has 0 fully saturated rings. The van der Waals surface area contributed by atoms with Gasteiger partial charge in [-0.2, -0.15) is 0 Å². The maximum atomic E-state index is 12.0. The Balaban J connectivity index is 1.45. The van der Waals surface area contributed by atoms with Crippen LogP contribution in [0, 0.1) is 0 Å². The lowest BCUT2D eigenvalue weighted by Gasteiger charge is -2.03. The monoisotopic (exact) mass is 388 g/mol. The summed E-state index contributed by atoms with van der Waals surface area (Å²) < 4.78 is 0.816. The maximum Gasteiger partial charge on any atom is 0.226 e. The first-order valence-electron chi connectivity index (χ1n) is 7.65. The lowest BCUT2D eigenvalue weighted by Crippen LogP contribution is -2.24. The fourth-order valence-electron chi connectivity index (χ4n) is 2.10. The zero-order valence-electron chi connectivity index (χ0n) is 13.3. The Hall–Kier alpha value is -1.96. The maximum absolute atomic E-state index is 12.0. The van der Waals surface area contributed by atoms with E-state index in [-0.39, 0.29) is 18.1 Å². The van der Waals surface area contributed by atoms with Crippen molar-refractivity contribution >= 4 is 46.1 Å². The highest BCUT2D eigenvalue weighted by Crippen LogP contribution is 2.24. The van der Waals surface area contributed by atoms with E-state index in [9.17, 15) is 9.59 Å². The van der Waals surface area contributed by atoms with Crippen molar-refractivity contribution in [3.63, 3.8) is 0 Å². The molecule has 0 radical (unpaired) electrons. The number of thiazole rings is 1. The first kappa shape index (κ1) is 17.8. The molecule has 1 aromatic carbocycles. The number of nitrogens with one attached hydrogen (secondary N) is 1. The predicted octanol–water partition coefficient (Wildman–Crippen LogP) is 4.04. The van der Waals surface area contributed by atoms with Crippen LogP contribution >= 0.6 is 34.4 Å². The second-order valence-electron chi connectivity index (χ2n) is 5.23. The number of Topliss-reactive ketones (excluding diaryl/α,β-unsaturated/α-hetero) is 1. The molecule has 0 saturated heterocycles. The zero-order valence-corrected chi connectivity index (χ0v) is 15.8. The number of benzene rings is 1. The minimum atomic E-state index is -0.0552. The number of amides is 1. The summed E-state index contributed by atoms with van der Waals surface area (Å²) >= 11 is 4.34. The molecule has 2 aromatic heterocycles. The summed E-state index contributed by atoms with van der Waals surface area (Å²) in [6.45, 7) is 0.515. The molecular formula is C18H16N2O2S3. The van der Waals surface area contributed by atoms with E-state index in [1.807, 2.05) is 53.2 Å². The average molecular weight is 389 g/mol. The summed E-state index contributed by atoms with van der Waals surface area (Å²) in [4.78, 5) is 29.2. The van der Waals surface area contributed by atoms with Crippen LogP contribution in [0.4, 0.5) is 0 Å². The molecule has 3 aromatic rings. The molecule has 0 saturated carbocycles. The smallest absolute Gasteiger partial charge is 0.226 e. The summed E-state index contributed by atoms with van der Waals surface area (Å²) in [6.07, 6.45) is 0.253. The van der Waals surface area contributed by atoms with Gasteiger partial charge in [0.2, 0.25) is 5.91 Å². The molecule has 3 rings (SSSR count). The lowest BCUT2D eigenvalue weighted by atomic mass is 10.2. The molecule has 1 amide bonds. The van der Waals surface area contributed by atoms with E-state index in [0.29, 0.717) is 12.3 Å². The summed E-state index contributed by atoms with van der Waals surface area (Å²) in [6, 6.07) is 13.5. The fourth-order valence-corrected chi connectivity index (χ4v) is 4.58. The molecule has 4 nitrogen and oxygen atoms in total. The van der Waals surface area contributed by atoms with Gasteiger partial charge < -0.3 is 5.32 Å². The Morgan fingerprint density at radius 1 is 1.08 bits per heavy atom. The third kappa shape index (κ3) is 5.52. The molecule has 0 bridgehead atoms. The van der Waals surface area contributed by atoms with Crippen molar-refractivity contribution in [2.45, 2.75) is 17.3 Å². The van der Waals surface area contributed by atoms with Gasteiger partial charge in [0.05, 0.1) is 22.7 Å². The lowest BCUT2D eigenvalue weighted by molar-refractivity contribution is -0.120. The number of hydrogen-bond donors (Lipinski definition) is 1. The van der Waals surface area contributed by atoms with Gasteiger partial charge in [0.1, 0.15) is 0 Å². The number of hydrogen-bond acceptors (Lipinski definition) is 6. The third-order valence-corrected chi connectivity index (χ3v) is 6.31. The van der Waals surface area contributed by atoms with Crippen molar-refractivity contribution in [2.24, 2.45) is 0 Å². The Morgan fingerprint density at radius 3 is 2.68 bits per heavy atom. The second kappa shape index (κ2) is 8.94. The molecular weight excluding hydrogens is 372 g/mol. The highest BCUT2D eigenvalue weighted by molar-refractivity contribution is 8.01. The Kier molecular flexibility index (Phi) is 6.38. The number of nitrogens with zero attached hydrogens (tertiary/aromatic N) is 1. The number of thioether (sulfide) groups is 1. The van der Waals surface area contributed by atoms with Gasteiger partial charge in [-0.1, -0.05) is 48.2 Å². The van der Waals surface area contributed by atoms with E-state index in [1.54, 1.807) is 0 Å². The number of carbonyl (C=O) groups is 2. The Labute approximate surface area is 158 Å². The summed E-state index contributed by atoms with van der Waals surface area (Å²) in [5.74, 6) is 0.422. The molecule has 0 aliphatic carbocycles. The van der Waals surface area contributed by atoms with Gasteiger partial charge >= 0.3 is 0 Å². The van der Waals surface area contributed by atoms with E-state index in [2.05, 4.69) is 10.3 Å². The van der Waals surface area contributed by atoms with Crippen LogP contribution in [0.5, 0.6) is 0 Å². The number of aromatic nitrogens is 1. The molecule has 0 aliphatic heterocycles. The van der Waals surface area contributed by atoms with Crippen molar-refractivity contribution in [1.82, 2.24) is 10.3 Å². The van der Waals surface area contributed by atoms with E-state index < -0.39 is 0 Å². The van der Waals surface area contributed by atoms with Gasteiger partial charge in [0, 0.05) is 11.9 Å². The number of thiophene rings is 1. The largest absolute Gasteiger partial charge is 0.352 e. The van der Waals surface area contributed by atoms with Crippen LogP contribution in [-0.2, 0) is 17.8 Å². The Morgan fingerprint density at radius 2 is 1.92 bits per heavy atom. The summed E-state index contributed by atoms with van der Waals surface area (Å²) in [5, 5.41) is 6.66. The van der Waals surface area contributed by atoms with Crippen molar-refractivity contribution in [2.75, 3.05) is 5.75 Å². The van der Waals surface area contributed by atoms with Crippen LogP contribution in [0.15, 0.2) is 57.6 Å². The molecule has 0 atom stereocenters. The molecule has 25 heavy (non-hydrogen) atoms. The van der Waals surface area contributed by atoms with Crippen LogP contribution in [0.1, 0.15) is 20.9 Å². The van der Waals surface area contributed by atoms with Crippen molar-refractivity contribution in [1.29, 1.82) is 0 Å². The predicted molar refractivity (Wildman–Crippen MR) is 103 cm³/mol. The quantitative estimate of drug-likeness (QED) is 0.467. The molecule has 1 N–H and O–H groups in total. The molecule has 2 heterocycles. The van der Waals surface area contributed by atoms with Gasteiger partial charge in [-0.25, -0.2) is 4.98 Å². The summed E-state index contributed by atoms with van der Waals surface area (Å²) in [5.41, 5.74) is 1.80. The SMILES string of the molecule is O=C(Cc1csc(SCC(=O)c2cccs2)n1)NCc1ccccc1. The van der Waals surface area contributed by atoms with Crippen molar-refractivity contribution < 1.29 is 9.59 Å². The number of ketones is 1. The van der Waals surface area contributed by atoms with E-state index in [0.717, 1.165) is 20.5 Å². The van der Waals surface area contributed by atoms with Crippen molar-refractivity contribution in [3.05, 3.63) is 69.4 Å².